The minimum absolute atomic E-state index is 0.139. The fourth-order valence-electron chi connectivity index (χ4n) is 2.78. The lowest BCUT2D eigenvalue weighted by molar-refractivity contribution is -0.141. The third-order valence-corrected chi connectivity index (χ3v) is 4.79. The van der Waals surface area contributed by atoms with Gasteiger partial charge in [0.05, 0.1) is 6.54 Å². The van der Waals surface area contributed by atoms with Crippen molar-refractivity contribution < 1.29 is 18.0 Å². The van der Waals surface area contributed by atoms with Gasteiger partial charge in [0, 0.05) is 34.9 Å². The summed E-state index contributed by atoms with van der Waals surface area (Å²) in [5, 5.41) is 1.97. The molecule has 0 aliphatic rings. The Bertz CT molecular complexity index is 732. The van der Waals surface area contributed by atoms with Crippen LogP contribution in [0.2, 0.25) is 0 Å². The lowest BCUT2D eigenvalue weighted by Crippen LogP contribution is -2.29. The first kappa shape index (κ1) is 19.5. The molecule has 0 aliphatic heterocycles. The average Bonchev–Trinajstić information content (AvgIpc) is 3.09. The maximum atomic E-state index is 12.7. The summed E-state index contributed by atoms with van der Waals surface area (Å²) >= 11 is 1.60. The van der Waals surface area contributed by atoms with Crippen LogP contribution in [0.1, 0.15) is 26.6 Å². The quantitative estimate of drug-likeness (QED) is 0.501. The van der Waals surface area contributed by atoms with Crippen LogP contribution in [0.5, 0.6) is 0 Å². The number of nitrogens with zero attached hydrogens (tertiary/aromatic N) is 2. The summed E-state index contributed by atoms with van der Waals surface area (Å²) in [6.07, 6.45) is -2.60. The number of thiophene rings is 1. The monoisotopic (exact) mass is 370 g/mol. The standard InChI is InChI=1S/C18H21F3N2OS/c1-4-7-22(10-15-6-5-8-25-15)11-17(24)16-9-13(2)23(14(16)3)12-18(19,20)21/h4-6,8-9H,1,7,10-12H2,2-3H3. The van der Waals surface area contributed by atoms with E-state index in [2.05, 4.69) is 6.58 Å². The van der Waals surface area contributed by atoms with E-state index in [9.17, 15) is 18.0 Å². The normalized spacial score (nSPS) is 11.9. The average molecular weight is 370 g/mol. The van der Waals surface area contributed by atoms with Crippen LogP contribution in [0.3, 0.4) is 0 Å². The summed E-state index contributed by atoms with van der Waals surface area (Å²) in [7, 11) is 0. The Balaban J connectivity index is 2.15. The highest BCUT2D eigenvalue weighted by Crippen LogP contribution is 2.23. The summed E-state index contributed by atoms with van der Waals surface area (Å²) < 4.78 is 39.3. The van der Waals surface area contributed by atoms with Gasteiger partial charge in [-0.3, -0.25) is 9.69 Å². The van der Waals surface area contributed by atoms with Gasteiger partial charge in [-0.25, -0.2) is 0 Å². The second kappa shape index (κ2) is 8.01. The van der Waals surface area contributed by atoms with Gasteiger partial charge >= 0.3 is 6.18 Å². The summed E-state index contributed by atoms with van der Waals surface area (Å²) in [6.45, 7) is 7.05. The van der Waals surface area contributed by atoms with Crippen LogP contribution in [0, 0.1) is 13.8 Å². The van der Waals surface area contributed by atoms with Gasteiger partial charge < -0.3 is 4.57 Å². The number of carbonyl (C=O) groups is 1. The Morgan fingerprint density at radius 2 is 2.12 bits per heavy atom. The molecule has 0 atom stereocenters. The number of halogens is 3. The number of hydrogen-bond acceptors (Lipinski definition) is 3. The van der Waals surface area contributed by atoms with E-state index in [1.54, 1.807) is 37.3 Å². The molecule has 0 spiro atoms. The maximum absolute atomic E-state index is 12.7. The van der Waals surface area contributed by atoms with Crippen LogP contribution in [0.25, 0.3) is 0 Å². The lowest BCUT2D eigenvalue weighted by atomic mass is 10.1. The molecule has 3 nitrogen and oxygen atoms in total. The molecule has 25 heavy (non-hydrogen) atoms. The van der Waals surface area contributed by atoms with E-state index in [1.807, 2.05) is 22.4 Å². The molecule has 0 fully saturated rings. The van der Waals surface area contributed by atoms with Crippen LogP contribution >= 0.6 is 11.3 Å². The van der Waals surface area contributed by atoms with E-state index in [0.717, 1.165) is 9.44 Å². The number of aromatic nitrogens is 1. The van der Waals surface area contributed by atoms with E-state index in [-0.39, 0.29) is 12.3 Å². The van der Waals surface area contributed by atoms with Gasteiger partial charge in [0.15, 0.2) is 5.78 Å². The SMILES string of the molecule is C=CCN(CC(=O)c1cc(C)n(CC(F)(F)F)c1C)Cc1cccs1. The molecule has 7 heteroatoms. The van der Waals surface area contributed by atoms with E-state index in [4.69, 9.17) is 0 Å². The van der Waals surface area contributed by atoms with Gasteiger partial charge in [0.25, 0.3) is 0 Å². The fourth-order valence-corrected chi connectivity index (χ4v) is 3.53. The molecule has 2 aromatic heterocycles. The molecule has 0 bridgehead atoms. The number of ketones is 1. The number of carbonyl (C=O) groups excluding carboxylic acids is 1. The van der Waals surface area contributed by atoms with E-state index >= 15 is 0 Å². The van der Waals surface area contributed by atoms with Crippen molar-refractivity contribution in [3.63, 3.8) is 0 Å². The zero-order chi connectivity index (χ0) is 18.6. The van der Waals surface area contributed by atoms with E-state index in [1.165, 1.54) is 0 Å². The summed E-state index contributed by atoms with van der Waals surface area (Å²) in [5.41, 5.74) is 1.14. The van der Waals surface area contributed by atoms with Crippen molar-refractivity contribution >= 4 is 17.1 Å². The maximum Gasteiger partial charge on any atom is 0.406 e. The number of alkyl halides is 3. The van der Waals surface area contributed by atoms with Crippen LogP contribution < -0.4 is 0 Å². The first-order valence-corrected chi connectivity index (χ1v) is 8.71. The fraction of sp³-hybridized carbons (Fsp3) is 0.389. The van der Waals surface area contributed by atoms with E-state index < -0.39 is 12.7 Å². The Morgan fingerprint density at radius 1 is 1.40 bits per heavy atom. The first-order valence-electron chi connectivity index (χ1n) is 7.83. The van der Waals surface area contributed by atoms with Crippen molar-refractivity contribution in [1.82, 2.24) is 9.47 Å². The second-order valence-electron chi connectivity index (χ2n) is 5.95. The molecule has 2 aromatic rings. The predicted molar refractivity (Wildman–Crippen MR) is 94.1 cm³/mol. The number of rotatable bonds is 8. The second-order valence-corrected chi connectivity index (χ2v) is 6.98. The van der Waals surface area contributed by atoms with Gasteiger partial charge in [-0.05, 0) is 31.4 Å². The van der Waals surface area contributed by atoms with Crippen molar-refractivity contribution in [2.24, 2.45) is 0 Å². The smallest absolute Gasteiger partial charge is 0.339 e. The zero-order valence-corrected chi connectivity index (χ0v) is 15.1. The highest BCUT2D eigenvalue weighted by Gasteiger charge is 2.30. The van der Waals surface area contributed by atoms with Crippen LogP contribution in [0.15, 0.2) is 36.2 Å². The Hall–Kier alpha value is -1.86. The third kappa shape index (κ3) is 5.31. The van der Waals surface area contributed by atoms with Crippen LogP contribution in [-0.4, -0.2) is 34.5 Å². The molecule has 0 N–H and O–H groups in total. The molecule has 0 aliphatic carbocycles. The van der Waals surface area contributed by atoms with Crippen LogP contribution in [-0.2, 0) is 13.1 Å². The van der Waals surface area contributed by atoms with Gasteiger partial charge in [-0.15, -0.1) is 17.9 Å². The van der Waals surface area contributed by atoms with Crippen molar-refractivity contribution in [3.05, 3.63) is 58.1 Å². The molecule has 0 saturated carbocycles. The van der Waals surface area contributed by atoms with Crippen molar-refractivity contribution in [2.75, 3.05) is 13.1 Å². The lowest BCUT2D eigenvalue weighted by Gasteiger charge is -2.19. The highest BCUT2D eigenvalue weighted by atomic mass is 32.1. The Kier molecular flexibility index (Phi) is 6.24. The molecule has 0 saturated heterocycles. The number of hydrogen-bond donors (Lipinski definition) is 0. The molecule has 136 valence electrons. The van der Waals surface area contributed by atoms with Crippen molar-refractivity contribution in [2.45, 2.75) is 33.1 Å². The van der Waals surface area contributed by atoms with Crippen LogP contribution in [0.4, 0.5) is 13.2 Å². The summed E-state index contributed by atoms with van der Waals surface area (Å²) in [4.78, 5) is 15.7. The van der Waals surface area contributed by atoms with E-state index in [0.29, 0.717) is 30.0 Å². The van der Waals surface area contributed by atoms with Gasteiger partial charge in [0.1, 0.15) is 6.54 Å². The van der Waals surface area contributed by atoms with Crippen molar-refractivity contribution in [3.8, 4) is 0 Å². The molecule has 2 rings (SSSR count). The molecule has 2 heterocycles. The first-order chi connectivity index (χ1) is 11.7. The zero-order valence-electron chi connectivity index (χ0n) is 14.3. The Labute approximate surface area is 149 Å². The summed E-state index contributed by atoms with van der Waals surface area (Å²) in [6, 6.07) is 5.47. The molecular weight excluding hydrogens is 349 g/mol. The molecule has 0 aromatic carbocycles. The third-order valence-electron chi connectivity index (χ3n) is 3.93. The topological polar surface area (TPSA) is 25.2 Å². The largest absolute Gasteiger partial charge is 0.406 e. The van der Waals surface area contributed by atoms with Crippen molar-refractivity contribution in [1.29, 1.82) is 0 Å². The molecule has 0 amide bonds. The summed E-state index contributed by atoms with van der Waals surface area (Å²) in [5.74, 6) is -0.181. The molecule has 0 unspecified atom stereocenters. The highest BCUT2D eigenvalue weighted by molar-refractivity contribution is 7.09. The molecule has 0 radical (unpaired) electrons. The molecular formula is C18H21F3N2OS. The minimum Gasteiger partial charge on any atom is -0.339 e. The number of Topliss-reactive ketones (excluding diaryl/α,β-unsaturated/α-hetero) is 1. The number of aryl methyl sites for hydroxylation is 1. The van der Waals surface area contributed by atoms with Gasteiger partial charge in [-0.1, -0.05) is 12.1 Å². The van der Waals surface area contributed by atoms with Gasteiger partial charge in [-0.2, -0.15) is 13.2 Å². The minimum atomic E-state index is -4.32. The predicted octanol–water partition coefficient (Wildman–Crippen LogP) is 4.60. The Morgan fingerprint density at radius 3 is 2.68 bits per heavy atom. The van der Waals surface area contributed by atoms with Gasteiger partial charge in [0.2, 0.25) is 0 Å².